The summed E-state index contributed by atoms with van der Waals surface area (Å²) in [5.41, 5.74) is 5.82. The molecule has 0 spiro atoms. The molecule has 0 heterocycles. The van der Waals surface area contributed by atoms with Crippen LogP contribution < -0.4 is 9.80 Å². The number of aryl methyl sites for hydroxylation is 2. The van der Waals surface area contributed by atoms with Gasteiger partial charge in [-0.25, -0.2) is 0 Å². The highest BCUT2D eigenvalue weighted by molar-refractivity contribution is 9.10. The van der Waals surface area contributed by atoms with E-state index in [9.17, 15) is 9.59 Å². The molecule has 0 aromatic heterocycles. The van der Waals surface area contributed by atoms with Crippen LogP contribution in [-0.2, 0) is 22.7 Å². The van der Waals surface area contributed by atoms with Crippen molar-refractivity contribution in [2.75, 3.05) is 9.80 Å². The highest BCUT2D eigenvalue weighted by atomic mass is 79.9. The van der Waals surface area contributed by atoms with Crippen LogP contribution in [0.1, 0.15) is 22.3 Å². The van der Waals surface area contributed by atoms with Gasteiger partial charge in [0.2, 0.25) is 0 Å². The average Bonchev–Trinajstić information content (AvgIpc) is 2.92. The number of hydrogen-bond donors (Lipinski definition) is 0. The van der Waals surface area contributed by atoms with Gasteiger partial charge in [0.25, 0.3) is 11.8 Å². The van der Waals surface area contributed by atoms with Crippen LogP contribution in [0.15, 0.2) is 118 Å². The molecule has 0 unspecified atom stereocenters. The second-order valence-corrected chi connectivity index (χ2v) is 10.9. The summed E-state index contributed by atoms with van der Waals surface area (Å²) in [6.07, 6.45) is 2.72. The van der Waals surface area contributed by atoms with Crippen molar-refractivity contribution < 1.29 is 9.59 Å². The number of hydrogen-bond acceptors (Lipinski definition) is 2. The Morgan fingerprint density at radius 2 is 0.868 bits per heavy atom. The van der Waals surface area contributed by atoms with Gasteiger partial charge >= 0.3 is 0 Å². The number of halogens is 2. The molecule has 0 bridgehead atoms. The summed E-state index contributed by atoms with van der Waals surface area (Å²) in [7, 11) is 0. The SMILES string of the molecule is Cc1ccc(CN(C(=O)/C=C/C(=O)N(Cc2ccc(C)cc2)c2ccc(Br)cc2)c2ccc(Br)cc2)cc1. The van der Waals surface area contributed by atoms with Crippen LogP contribution in [0.25, 0.3) is 0 Å². The molecule has 6 heteroatoms. The molecule has 4 aromatic rings. The van der Waals surface area contributed by atoms with Gasteiger partial charge in [-0.1, -0.05) is 91.5 Å². The predicted octanol–water partition coefficient (Wildman–Crippen LogP) is 8.15. The molecule has 4 rings (SSSR count). The second kappa shape index (κ2) is 12.9. The fourth-order valence-corrected chi connectivity index (χ4v) is 4.44. The molecule has 0 saturated carbocycles. The Balaban J connectivity index is 1.59. The molecule has 0 aliphatic carbocycles. The van der Waals surface area contributed by atoms with E-state index < -0.39 is 0 Å². The molecule has 0 N–H and O–H groups in total. The van der Waals surface area contributed by atoms with E-state index >= 15 is 0 Å². The van der Waals surface area contributed by atoms with Crippen molar-refractivity contribution in [3.8, 4) is 0 Å². The Hall–Kier alpha value is -3.48. The highest BCUT2D eigenvalue weighted by Crippen LogP contribution is 2.23. The normalized spacial score (nSPS) is 10.9. The number of benzene rings is 4. The first-order chi connectivity index (χ1) is 18.3. The summed E-state index contributed by atoms with van der Waals surface area (Å²) < 4.78 is 1.85. The fourth-order valence-electron chi connectivity index (χ4n) is 3.91. The zero-order chi connectivity index (χ0) is 27.1. The molecule has 0 saturated heterocycles. The van der Waals surface area contributed by atoms with Crippen molar-refractivity contribution in [1.29, 1.82) is 0 Å². The topological polar surface area (TPSA) is 40.6 Å². The van der Waals surface area contributed by atoms with Gasteiger partial charge in [0.1, 0.15) is 0 Å². The monoisotopic (exact) mass is 630 g/mol. The van der Waals surface area contributed by atoms with E-state index in [4.69, 9.17) is 0 Å². The van der Waals surface area contributed by atoms with Crippen LogP contribution in [0.2, 0.25) is 0 Å². The van der Waals surface area contributed by atoms with E-state index in [0.29, 0.717) is 13.1 Å². The quantitative estimate of drug-likeness (QED) is 0.184. The molecule has 0 fully saturated rings. The summed E-state index contributed by atoms with van der Waals surface area (Å²) in [5, 5.41) is 0. The van der Waals surface area contributed by atoms with Crippen molar-refractivity contribution in [2.45, 2.75) is 26.9 Å². The number of anilines is 2. The van der Waals surface area contributed by atoms with Crippen LogP contribution in [0, 0.1) is 13.8 Å². The Morgan fingerprint density at radius 3 is 1.18 bits per heavy atom. The minimum Gasteiger partial charge on any atom is -0.304 e. The molecule has 0 radical (unpaired) electrons. The van der Waals surface area contributed by atoms with Gasteiger partial charge in [-0.2, -0.15) is 0 Å². The van der Waals surface area contributed by atoms with Crippen molar-refractivity contribution >= 4 is 55.0 Å². The first kappa shape index (κ1) is 27.6. The smallest absolute Gasteiger partial charge is 0.251 e. The van der Waals surface area contributed by atoms with Crippen LogP contribution in [0.3, 0.4) is 0 Å². The lowest BCUT2D eigenvalue weighted by molar-refractivity contribution is -0.116. The number of rotatable bonds is 8. The lowest BCUT2D eigenvalue weighted by Crippen LogP contribution is -2.31. The Labute approximate surface area is 240 Å². The number of carbonyl (C=O) groups excluding carboxylic acids is 2. The van der Waals surface area contributed by atoms with E-state index in [1.54, 1.807) is 9.80 Å². The van der Waals surface area contributed by atoms with E-state index in [-0.39, 0.29) is 11.8 Å². The molecule has 0 aliphatic heterocycles. The molecule has 4 aromatic carbocycles. The number of amides is 2. The van der Waals surface area contributed by atoms with Gasteiger partial charge in [-0.15, -0.1) is 0 Å². The van der Waals surface area contributed by atoms with Crippen LogP contribution >= 0.6 is 31.9 Å². The summed E-state index contributed by atoms with van der Waals surface area (Å²) >= 11 is 6.92. The molecular weight excluding hydrogens is 604 g/mol. The predicted molar refractivity (Wildman–Crippen MR) is 162 cm³/mol. The van der Waals surface area contributed by atoms with Crippen LogP contribution in [0.5, 0.6) is 0 Å². The van der Waals surface area contributed by atoms with Gasteiger partial charge in [0.05, 0.1) is 13.1 Å². The van der Waals surface area contributed by atoms with Gasteiger partial charge < -0.3 is 9.80 Å². The van der Waals surface area contributed by atoms with Crippen molar-refractivity contribution in [3.63, 3.8) is 0 Å². The summed E-state index contributed by atoms with van der Waals surface area (Å²) in [4.78, 5) is 30.3. The fraction of sp³-hybridized carbons (Fsp3) is 0.125. The molecule has 4 nitrogen and oxygen atoms in total. The highest BCUT2D eigenvalue weighted by Gasteiger charge is 2.18. The Morgan fingerprint density at radius 1 is 0.553 bits per heavy atom. The minimum atomic E-state index is -0.271. The Kier molecular flexibility index (Phi) is 9.32. The first-order valence-electron chi connectivity index (χ1n) is 12.2. The number of nitrogens with zero attached hydrogens (tertiary/aromatic N) is 2. The molecule has 38 heavy (non-hydrogen) atoms. The van der Waals surface area contributed by atoms with E-state index in [2.05, 4.69) is 31.9 Å². The van der Waals surface area contributed by atoms with Gasteiger partial charge in [0.15, 0.2) is 0 Å². The average molecular weight is 632 g/mol. The van der Waals surface area contributed by atoms with Crippen molar-refractivity contribution in [2.24, 2.45) is 0 Å². The number of carbonyl (C=O) groups is 2. The van der Waals surface area contributed by atoms with Crippen molar-refractivity contribution in [1.82, 2.24) is 0 Å². The first-order valence-corrected chi connectivity index (χ1v) is 13.8. The second-order valence-electron chi connectivity index (χ2n) is 9.11. The van der Waals surface area contributed by atoms with Crippen LogP contribution in [-0.4, -0.2) is 11.8 Å². The van der Waals surface area contributed by atoms with Gasteiger partial charge in [-0.3, -0.25) is 9.59 Å². The zero-order valence-electron chi connectivity index (χ0n) is 21.3. The largest absolute Gasteiger partial charge is 0.304 e. The third kappa shape index (κ3) is 7.53. The molecule has 0 atom stereocenters. The maximum atomic E-state index is 13.5. The van der Waals surface area contributed by atoms with Crippen LogP contribution in [0.4, 0.5) is 11.4 Å². The third-order valence-electron chi connectivity index (χ3n) is 6.10. The lowest BCUT2D eigenvalue weighted by atomic mass is 10.1. The van der Waals surface area contributed by atoms with E-state index in [1.165, 1.54) is 12.2 Å². The maximum Gasteiger partial charge on any atom is 0.251 e. The third-order valence-corrected chi connectivity index (χ3v) is 7.16. The van der Waals surface area contributed by atoms with Gasteiger partial charge in [-0.05, 0) is 73.5 Å². The molecule has 192 valence electrons. The van der Waals surface area contributed by atoms with Crippen molar-refractivity contribution in [3.05, 3.63) is 140 Å². The molecule has 2 amide bonds. The van der Waals surface area contributed by atoms with Gasteiger partial charge in [0, 0.05) is 32.5 Å². The summed E-state index contributed by atoms with van der Waals surface area (Å²) in [6, 6.07) is 31.3. The maximum absolute atomic E-state index is 13.5. The zero-order valence-corrected chi connectivity index (χ0v) is 24.4. The van der Waals surface area contributed by atoms with E-state index in [1.807, 2.05) is 111 Å². The Bertz CT molecular complexity index is 1300. The summed E-state index contributed by atoms with van der Waals surface area (Å²) in [6.45, 7) is 4.84. The molecular formula is C32H28Br2N2O2. The standard InChI is InChI=1S/C32H28Br2N2O2/c1-23-3-7-25(8-4-23)21-35(29-15-11-27(33)12-16-29)31(37)19-20-32(38)36(30-17-13-28(34)14-18-30)22-26-9-5-24(2)6-10-26/h3-20H,21-22H2,1-2H3/b20-19+. The minimum absolute atomic E-state index is 0.271. The summed E-state index contributed by atoms with van der Waals surface area (Å²) in [5.74, 6) is -0.542. The van der Waals surface area contributed by atoms with E-state index in [0.717, 1.165) is 42.6 Å². The lowest BCUT2D eigenvalue weighted by Gasteiger charge is -2.23. The molecule has 0 aliphatic rings.